The molecule has 7 rings (SSSR count). The van der Waals surface area contributed by atoms with E-state index in [1.807, 2.05) is 6.07 Å². The summed E-state index contributed by atoms with van der Waals surface area (Å²) in [5.41, 5.74) is 13.6. The van der Waals surface area contributed by atoms with Crippen LogP contribution in [0.3, 0.4) is 0 Å². The summed E-state index contributed by atoms with van der Waals surface area (Å²) in [4.78, 5) is 4.81. The molecule has 0 aliphatic heterocycles. The predicted octanol–water partition coefficient (Wildman–Crippen LogP) is 11.1. The van der Waals surface area contributed by atoms with E-state index in [4.69, 9.17) is 4.98 Å². The first-order chi connectivity index (χ1) is 20.6. The van der Waals surface area contributed by atoms with Crippen LogP contribution in [0.15, 0.2) is 146 Å². The highest BCUT2D eigenvalue weighted by molar-refractivity contribution is 7.21. The molecule has 0 atom stereocenters. The minimum absolute atomic E-state index is 0.202. The largest absolute Gasteiger partial charge is 0.236 e. The molecule has 0 radical (unpaired) electrons. The van der Waals surface area contributed by atoms with Gasteiger partial charge in [0.15, 0.2) is 0 Å². The first-order valence-electron chi connectivity index (χ1n) is 14.4. The van der Waals surface area contributed by atoms with Gasteiger partial charge in [-0.15, -0.1) is 11.3 Å². The third kappa shape index (κ3) is 5.30. The molecule has 6 aromatic carbocycles. The van der Waals surface area contributed by atoms with E-state index in [0.717, 1.165) is 16.1 Å². The Hall–Kier alpha value is -4.79. The highest BCUT2D eigenvalue weighted by atomic mass is 32.1. The Bertz CT molecular complexity index is 1870. The van der Waals surface area contributed by atoms with Gasteiger partial charge in [0.25, 0.3) is 0 Å². The maximum atomic E-state index is 4.81. The van der Waals surface area contributed by atoms with E-state index >= 15 is 0 Å². The van der Waals surface area contributed by atoms with E-state index < -0.39 is 0 Å². The Morgan fingerprint density at radius 1 is 0.429 bits per heavy atom. The number of nitrogens with zero attached hydrogens (tertiary/aromatic N) is 1. The molecule has 0 fully saturated rings. The maximum Gasteiger partial charge on any atom is 0.124 e. The Morgan fingerprint density at radius 2 is 0.810 bits per heavy atom. The van der Waals surface area contributed by atoms with Gasteiger partial charge < -0.3 is 0 Å². The van der Waals surface area contributed by atoms with Crippen LogP contribution in [0.2, 0.25) is 0 Å². The molecule has 0 aliphatic carbocycles. The molecule has 0 saturated carbocycles. The third-order valence-corrected chi connectivity index (χ3v) is 9.13. The summed E-state index contributed by atoms with van der Waals surface area (Å²) >= 11 is 1.74. The molecule has 0 spiro atoms. The number of para-hydroxylation sites is 1. The molecule has 2 heteroatoms. The lowest BCUT2D eigenvalue weighted by Crippen LogP contribution is -2.03. The molecule has 0 saturated heterocycles. The standard InChI is InChI=1S/C40H31NS/c1-27-7-11-33(12-8-27)39(34-13-9-28(2)10-14-34)35-23-19-31(20-24-35)29-15-17-30(18-16-29)32-21-25-36(26-22-32)40-41-37-5-3-4-6-38(37)42-40/h3-26,39H,1-2H3. The highest BCUT2D eigenvalue weighted by Crippen LogP contribution is 2.35. The Morgan fingerprint density at radius 3 is 1.26 bits per heavy atom. The van der Waals surface area contributed by atoms with E-state index in [1.165, 1.54) is 54.8 Å². The van der Waals surface area contributed by atoms with E-state index in [0.29, 0.717) is 0 Å². The number of hydrogen-bond acceptors (Lipinski definition) is 2. The fraction of sp³-hybridized carbons (Fsp3) is 0.0750. The monoisotopic (exact) mass is 557 g/mol. The van der Waals surface area contributed by atoms with Gasteiger partial charge in [-0.25, -0.2) is 4.98 Å². The Kier molecular flexibility index (Phi) is 6.99. The second-order valence-corrected chi connectivity index (χ2v) is 12.0. The fourth-order valence-electron chi connectivity index (χ4n) is 5.62. The minimum atomic E-state index is 0.202. The van der Waals surface area contributed by atoms with Crippen LogP contribution >= 0.6 is 11.3 Å². The molecule has 0 amide bonds. The number of benzene rings is 6. The number of hydrogen-bond donors (Lipinski definition) is 0. The number of thiazole rings is 1. The average molecular weight is 558 g/mol. The molecule has 0 bridgehead atoms. The van der Waals surface area contributed by atoms with Gasteiger partial charge in [0.05, 0.1) is 10.2 Å². The van der Waals surface area contributed by atoms with Crippen LogP contribution in [0, 0.1) is 13.8 Å². The van der Waals surface area contributed by atoms with Crippen molar-refractivity contribution in [3.63, 3.8) is 0 Å². The smallest absolute Gasteiger partial charge is 0.124 e. The van der Waals surface area contributed by atoms with Gasteiger partial charge in [-0.05, 0) is 64.9 Å². The van der Waals surface area contributed by atoms with Gasteiger partial charge in [-0.3, -0.25) is 0 Å². The van der Waals surface area contributed by atoms with Crippen LogP contribution in [0.4, 0.5) is 0 Å². The van der Waals surface area contributed by atoms with Crippen molar-refractivity contribution >= 4 is 21.6 Å². The van der Waals surface area contributed by atoms with Crippen molar-refractivity contribution in [3.8, 4) is 32.8 Å². The quantitative estimate of drug-likeness (QED) is 0.185. The molecule has 42 heavy (non-hydrogen) atoms. The number of aryl methyl sites for hydroxylation is 2. The first kappa shape index (κ1) is 26.1. The van der Waals surface area contributed by atoms with E-state index in [2.05, 4.69) is 153 Å². The normalized spacial score (nSPS) is 11.3. The minimum Gasteiger partial charge on any atom is -0.236 e. The van der Waals surface area contributed by atoms with Crippen molar-refractivity contribution in [2.75, 3.05) is 0 Å². The van der Waals surface area contributed by atoms with Crippen molar-refractivity contribution in [2.45, 2.75) is 19.8 Å². The van der Waals surface area contributed by atoms with Gasteiger partial charge in [0.1, 0.15) is 5.01 Å². The summed E-state index contributed by atoms with van der Waals surface area (Å²) < 4.78 is 1.22. The van der Waals surface area contributed by atoms with Gasteiger partial charge in [-0.1, -0.05) is 145 Å². The van der Waals surface area contributed by atoms with Gasteiger partial charge in [0.2, 0.25) is 0 Å². The second kappa shape index (κ2) is 11.2. The molecule has 7 aromatic rings. The summed E-state index contributed by atoms with van der Waals surface area (Å²) in [7, 11) is 0. The lowest BCUT2D eigenvalue weighted by molar-refractivity contribution is 0.975. The van der Waals surface area contributed by atoms with Crippen LogP contribution in [0.5, 0.6) is 0 Å². The molecule has 1 heterocycles. The number of aromatic nitrogens is 1. The molecule has 0 aliphatic rings. The Labute approximate surface area is 251 Å². The summed E-state index contributed by atoms with van der Waals surface area (Å²) in [5.74, 6) is 0.202. The molecule has 1 nitrogen and oxygen atoms in total. The Balaban J connectivity index is 1.12. The SMILES string of the molecule is Cc1ccc(C(c2ccc(C)cc2)c2ccc(-c3ccc(-c4ccc(-c5nc6ccccc6s5)cc4)cc3)cc2)cc1. The molecular weight excluding hydrogens is 527 g/mol. The van der Waals surface area contributed by atoms with Crippen LogP contribution < -0.4 is 0 Å². The van der Waals surface area contributed by atoms with Crippen LogP contribution in [-0.2, 0) is 0 Å². The van der Waals surface area contributed by atoms with Crippen LogP contribution in [0.1, 0.15) is 33.7 Å². The van der Waals surface area contributed by atoms with Crippen molar-refractivity contribution in [3.05, 3.63) is 173 Å². The van der Waals surface area contributed by atoms with Gasteiger partial charge in [0, 0.05) is 11.5 Å². The lowest BCUT2D eigenvalue weighted by Gasteiger charge is -2.20. The summed E-state index contributed by atoms with van der Waals surface area (Å²) in [5, 5.41) is 1.06. The zero-order valence-electron chi connectivity index (χ0n) is 23.8. The van der Waals surface area contributed by atoms with Crippen LogP contribution in [-0.4, -0.2) is 4.98 Å². The summed E-state index contributed by atoms with van der Waals surface area (Å²) in [6.45, 7) is 4.29. The first-order valence-corrected chi connectivity index (χ1v) is 15.2. The van der Waals surface area contributed by atoms with E-state index in [1.54, 1.807) is 11.3 Å². The van der Waals surface area contributed by atoms with E-state index in [-0.39, 0.29) is 5.92 Å². The van der Waals surface area contributed by atoms with E-state index in [9.17, 15) is 0 Å². The molecule has 0 N–H and O–H groups in total. The van der Waals surface area contributed by atoms with Gasteiger partial charge >= 0.3 is 0 Å². The summed E-state index contributed by atoms with van der Waals surface area (Å²) in [6.07, 6.45) is 0. The third-order valence-electron chi connectivity index (χ3n) is 8.04. The predicted molar refractivity (Wildman–Crippen MR) is 179 cm³/mol. The zero-order valence-corrected chi connectivity index (χ0v) is 24.6. The van der Waals surface area contributed by atoms with Crippen LogP contribution in [0.25, 0.3) is 43.0 Å². The van der Waals surface area contributed by atoms with Crippen molar-refractivity contribution in [2.24, 2.45) is 0 Å². The highest BCUT2D eigenvalue weighted by Gasteiger charge is 2.17. The second-order valence-electron chi connectivity index (χ2n) is 11.0. The molecular formula is C40H31NS. The average Bonchev–Trinajstić information content (AvgIpc) is 3.48. The van der Waals surface area contributed by atoms with Gasteiger partial charge in [-0.2, -0.15) is 0 Å². The topological polar surface area (TPSA) is 12.9 Å². The lowest BCUT2D eigenvalue weighted by atomic mass is 9.84. The van der Waals surface area contributed by atoms with Crippen molar-refractivity contribution in [1.29, 1.82) is 0 Å². The van der Waals surface area contributed by atoms with Crippen molar-refractivity contribution in [1.82, 2.24) is 4.98 Å². The fourth-order valence-corrected chi connectivity index (χ4v) is 6.59. The molecule has 0 unspecified atom stereocenters. The number of rotatable bonds is 6. The number of fused-ring (bicyclic) bond motifs is 1. The zero-order chi connectivity index (χ0) is 28.5. The maximum absolute atomic E-state index is 4.81. The van der Waals surface area contributed by atoms with Crippen molar-refractivity contribution < 1.29 is 0 Å². The summed E-state index contributed by atoms with van der Waals surface area (Å²) in [6, 6.07) is 52.9. The molecule has 202 valence electrons. The molecule has 1 aromatic heterocycles.